The first-order valence-electron chi connectivity index (χ1n) is 5.87. The number of nitrogens with zero attached hydrogens (tertiary/aromatic N) is 1. The molecule has 0 radical (unpaired) electrons. The van der Waals surface area contributed by atoms with Crippen molar-refractivity contribution in [1.29, 1.82) is 0 Å². The van der Waals surface area contributed by atoms with Crippen LogP contribution in [0.5, 0.6) is 0 Å². The zero-order chi connectivity index (χ0) is 14.2. The van der Waals surface area contributed by atoms with Crippen molar-refractivity contribution in [2.75, 3.05) is 30.9 Å². The molecular formula is C13H15ClN2O3. The van der Waals surface area contributed by atoms with Gasteiger partial charge in [-0.15, -0.1) is 0 Å². The van der Waals surface area contributed by atoms with Crippen molar-refractivity contribution in [1.82, 2.24) is 0 Å². The standard InChI is InChI=1S/C13H15ClN2O3/c1-7(19-3)6-16(2)11-5-10-8(4-9(11)14)12(17)13(18)15-10/h4-5,7H,6H2,1-3H3,(H,15,17,18). The van der Waals surface area contributed by atoms with E-state index in [-0.39, 0.29) is 6.10 Å². The van der Waals surface area contributed by atoms with Crippen LogP contribution in [0.15, 0.2) is 12.1 Å². The second-order valence-electron chi connectivity index (χ2n) is 4.56. The molecule has 1 atom stereocenters. The van der Waals surface area contributed by atoms with Gasteiger partial charge in [-0.3, -0.25) is 9.59 Å². The van der Waals surface area contributed by atoms with Crippen LogP contribution in [0, 0.1) is 0 Å². The SMILES string of the molecule is COC(C)CN(C)c1cc2c(cc1Cl)C(=O)C(=O)N2. The first-order chi connectivity index (χ1) is 8.93. The highest BCUT2D eigenvalue weighted by Gasteiger charge is 2.29. The van der Waals surface area contributed by atoms with E-state index in [9.17, 15) is 9.59 Å². The molecule has 0 aliphatic carbocycles. The third-order valence-corrected chi connectivity index (χ3v) is 3.43. The van der Waals surface area contributed by atoms with Crippen LogP contribution in [0.3, 0.4) is 0 Å². The van der Waals surface area contributed by atoms with Gasteiger partial charge in [-0.2, -0.15) is 0 Å². The van der Waals surface area contributed by atoms with E-state index in [1.165, 1.54) is 6.07 Å². The molecule has 0 bridgehead atoms. The van der Waals surface area contributed by atoms with Gasteiger partial charge in [0.05, 0.1) is 28.1 Å². The maximum Gasteiger partial charge on any atom is 0.296 e. The summed E-state index contributed by atoms with van der Waals surface area (Å²) in [5.74, 6) is -1.16. The van der Waals surface area contributed by atoms with Gasteiger partial charge in [-0.1, -0.05) is 11.6 Å². The molecule has 5 nitrogen and oxygen atoms in total. The highest BCUT2D eigenvalue weighted by Crippen LogP contribution is 2.34. The lowest BCUT2D eigenvalue weighted by atomic mass is 10.1. The van der Waals surface area contributed by atoms with E-state index in [0.29, 0.717) is 22.8 Å². The molecule has 2 rings (SSSR count). The number of hydrogen-bond donors (Lipinski definition) is 1. The Kier molecular flexibility index (Phi) is 3.78. The molecule has 1 heterocycles. The molecule has 1 unspecified atom stereocenters. The van der Waals surface area contributed by atoms with Crippen molar-refractivity contribution >= 4 is 34.7 Å². The number of ketones is 1. The van der Waals surface area contributed by atoms with Crippen molar-refractivity contribution < 1.29 is 14.3 Å². The number of rotatable bonds is 4. The van der Waals surface area contributed by atoms with E-state index in [1.54, 1.807) is 13.2 Å². The number of methoxy groups -OCH3 is 1. The molecule has 1 aromatic rings. The third-order valence-electron chi connectivity index (χ3n) is 3.13. The first-order valence-corrected chi connectivity index (χ1v) is 6.25. The molecular weight excluding hydrogens is 268 g/mol. The van der Waals surface area contributed by atoms with Gasteiger partial charge in [-0.25, -0.2) is 0 Å². The number of Topliss-reactive ketones (excluding diaryl/α,β-unsaturated/α-hetero) is 1. The second kappa shape index (κ2) is 5.19. The van der Waals surface area contributed by atoms with Crippen LogP contribution in [-0.2, 0) is 9.53 Å². The summed E-state index contributed by atoms with van der Waals surface area (Å²) in [7, 11) is 3.52. The number of carbonyl (C=O) groups is 2. The van der Waals surface area contributed by atoms with Gasteiger partial charge in [0.25, 0.3) is 11.7 Å². The average molecular weight is 283 g/mol. The normalized spacial score (nSPS) is 15.2. The van der Waals surface area contributed by atoms with Crippen molar-refractivity contribution in [2.45, 2.75) is 13.0 Å². The monoisotopic (exact) mass is 282 g/mol. The molecule has 0 spiro atoms. The van der Waals surface area contributed by atoms with E-state index >= 15 is 0 Å². The number of benzene rings is 1. The van der Waals surface area contributed by atoms with E-state index < -0.39 is 11.7 Å². The summed E-state index contributed by atoms with van der Waals surface area (Å²) in [4.78, 5) is 24.8. The Morgan fingerprint density at radius 2 is 2.11 bits per heavy atom. The average Bonchev–Trinajstić information content (AvgIpc) is 2.64. The lowest BCUT2D eigenvalue weighted by Crippen LogP contribution is -2.28. The molecule has 102 valence electrons. The Hall–Kier alpha value is -1.59. The summed E-state index contributed by atoms with van der Waals surface area (Å²) >= 11 is 6.17. The van der Waals surface area contributed by atoms with Gasteiger partial charge in [-0.05, 0) is 19.1 Å². The number of halogens is 1. The van der Waals surface area contributed by atoms with Crippen molar-refractivity contribution in [2.24, 2.45) is 0 Å². The van der Waals surface area contributed by atoms with Crippen LogP contribution in [0.25, 0.3) is 0 Å². The van der Waals surface area contributed by atoms with Crippen LogP contribution in [0.4, 0.5) is 11.4 Å². The fraction of sp³-hybridized carbons (Fsp3) is 0.385. The minimum atomic E-state index is -0.615. The fourth-order valence-corrected chi connectivity index (χ4v) is 2.31. The smallest absolute Gasteiger partial charge is 0.296 e. The molecule has 6 heteroatoms. The largest absolute Gasteiger partial charge is 0.380 e. The Labute approximate surface area is 116 Å². The topological polar surface area (TPSA) is 58.6 Å². The molecule has 0 saturated heterocycles. The predicted molar refractivity (Wildman–Crippen MR) is 74.2 cm³/mol. The Balaban J connectivity index is 2.32. The van der Waals surface area contributed by atoms with Crippen molar-refractivity contribution in [3.63, 3.8) is 0 Å². The lowest BCUT2D eigenvalue weighted by molar-refractivity contribution is -0.112. The quantitative estimate of drug-likeness (QED) is 0.858. The fourth-order valence-electron chi connectivity index (χ4n) is 2.01. The van der Waals surface area contributed by atoms with E-state index in [4.69, 9.17) is 16.3 Å². The van der Waals surface area contributed by atoms with Crippen LogP contribution >= 0.6 is 11.6 Å². The van der Waals surface area contributed by atoms with E-state index in [2.05, 4.69) is 5.32 Å². The molecule has 1 aromatic carbocycles. The summed E-state index contributed by atoms with van der Waals surface area (Å²) in [6, 6.07) is 3.24. The highest BCUT2D eigenvalue weighted by atomic mass is 35.5. The summed E-state index contributed by atoms with van der Waals surface area (Å²) in [6.07, 6.45) is 0.0468. The van der Waals surface area contributed by atoms with Crippen molar-refractivity contribution in [3.05, 3.63) is 22.7 Å². The molecule has 1 aliphatic rings. The Morgan fingerprint density at radius 1 is 1.42 bits per heavy atom. The summed E-state index contributed by atoms with van der Waals surface area (Å²) in [5, 5.41) is 2.97. The maximum absolute atomic E-state index is 11.5. The van der Waals surface area contributed by atoms with Gasteiger partial charge in [0.1, 0.15) is 0 Å². The van der Waals surface area contributed by atoms with Gasteiger partial charge in [0, 0.05) is 20.7 Å². The van der Waals surface area contributed by atoms with E-state index in [0.717, 1.165) is 5.69 Å². The minimum absolute atomic E-state index is 0.0468. The maximum atomic E-state index is 11.5. The van der Waals surface area contributed by atoms with Gasteiger partial charge in [0.15, 0.2) is 0 Å². The van der Waals surface area contributed by atoms with Crippen LogP contribution in [0.2, 0.25) is 5.02 Å². The number of ether oxygens (including phenoxy) is 1. The number of nitrogens with one attached hydrogen (secondary N) is 1. The van der Waals surface area contributed by atoms with Crippen LogP contribution in [-0.4, -0.2) is 38.5 Å². The molecule has 0 fully saturated rings. The molecule has 0 aromatic heterocycles. The molecule has 1 N–H and O–H groups in total. The molecule has 1 aliphatic heterocycles. The molecule has 1 amide bonds. The number of anilines is 2. The molecule has 19 heavy (non-hydrogen) atoms. The highest BCUT2D eigenvalue weighted by molar-refractivity contribution is 6.52. The van der Waals surface area contributed by atoms with Crippen LogP contribution < -0.4 is 10.2 Å². The second-order valence-corrected chi connectivity index (χ2v) is 4.97. The van der Waals surface area contributed by atoms with Gasteiger partial charge < -0.3 is 15.0 Å². The summed E-state index contributed by atoms with van der Waals surface area (Å²) in [5.41, 5.74) is 1.58. The Morgan fingerprint density at radius 3 is 2.74 bits per heavy atom. The molecule has 0 saturated carbocycles. The Bertz CT molecular complexity index is 545. The van der Waals surface area contributed by atoms with E-state index in [1.807, 2.05) is 18.9 Å². The number of fused-ring (bicyclic) bond motifs is 1. The third kappa shape index (κ3) is 2.57. The zero-order valence-electron chi connectivity index (χ0n) is 11.0. The first kappa shape index (κ1) is 13.8. The number of hydrogen-bond acceptors (Lipinski definition) is 4. The minimum Gasteiger partial charge on any atom is -0.380 e. The van der Waals surface area contributed by atoms with Crippen LogP contribution in [0.1, 0.15) is 17.3 Å². The number of carbonyl (C=O) groups excluding carboxylic acids is 2. The predicted octanol–water partition coefficient (Wildman–Crippen LogP) is 1.95. The number of likely N-dealkylation sites (N-methyl/N-ethyl adjacent to an activating group) is 1. The van der Waals surface area contributed by atoms with Gasteiger partial charge >= 0.3 is 0 Å². The zero-order valence-corrected chi connectivity index (χ0v) is 11.7. The number of amides is 1. The summed E-state index contributed by atoms with van der Waals surface area (Å²) < 4.78 is 5.20. The van der Waals surface area contributed by atoms with Crippen molar-refractivity contribution in [3.8, 4) is 0 Å². The lowest BCUT2D eigenvalue weighted by Gasteiger charge is -2.24. The van der Waals surface area contributed by atoms with Gasteiger partial charge in [0.2, 0.25) is 0 Å². The summed E-state index contributed by atoms with van der Waals surface area (Å²) in [6.45, 7) is 2.60.